The van der Waals surface area contributed by atoms with E-state index in [-0.39, 0.29) is 17.5 Å². The molecule has 1 aliphatic rings. The van der Waals surface area contributed by atoms with E-state index in [4.69, 9.17) is 4.74 Å². The zero-order valence-corrected chi connectivity index (χ0v) is 10.2. The lowest BCUT2D eigenvalue weighted by Gasteiger charge is -2.12. The summed E-state index contributed by atoms with van der Waals surface area (Å²) in [6, 6.07) is 5.05. The molecule has 1 fully saturated rings. The van der Waals surface area contributed by atoms with Gasteiger partial charge in [-0.15, -0.1) is 13.2 Å². The molecule has 1 aliphatic heterocycles. The fraction of sp³-hybridized carbons (Fsp3) is 0.462. The van der Waals surface area contributed by atoms with E-state index in [1.54, 1.807) is 0 Å². The number of ether oxygens (including phenoxy) is 2. The minimum absolute atomic E-state index is 0.00329. The molecule has 1 heterocycles. The molecule has 0 bridgehead atoms. The van der Waals surface area contributed by atoms with Crippen molar-refractivity contribution in [1.82, 2.24) is 0 Å². The fourth-order valence-corrected chi connectivity index (χ4v) is 2.03. The number of hydrogen-bond donors (Lipinski definition) is 0. The maximum Gasteiger partial charge on any atom is 0.573 e. The van der Waals surface area contributed by atoms with Gasteiger partial charge in [0.05, 0.1) is 6.10 Å². The van der Waals surface area contributed by atoms with Crippen LogP contribution in [0.4, 0.5) is 13.2 Å². The third kappa shape index (κ3) is 3.70. The van der Waals surface area contributed by atoms with Crippen molar-refractivity contribution in [3.05, 3.63) is 29.8 Å². The number of carbonyl (C=O) groups is 1. The van der Waals surface area contributed by atoms with Crippen LogP contribution in [0.3, 0.4) is 0 Å². The minimum atomic E-state index is -4.76. The molecule has 1 aromatic carbocycles. The third-order valence-corrected chi connectivity index (χ3v) is 2.88. The van der Waals surface area contributed by atoms with E-state index in [2.05, 4.69) is 4.74 Å². The quantitative estimate of drug-likeness (QED) is 0.793. The number of carbonyl (C=O) groups excluding carboxylic acids is 1. The van der Waals surface area contributed by atoms with Crippen molar-refractivity contribution in [1.29, 1.82) is 0 Å². The van der Waals surface area contributed by atoms with Crippen molar-refractivity contribution in [2.45, 2.75) is 38.3 Å². The highest BCUT2D eigenvalue weighted by Gasteiger charge is 2.32. The van der Waals surface area contributed by atoms with E-state index in [9.17, 15) is 18.0 Å². The standard InChI is InChI=1S/C13H13F3O3/c1-8-5-6-11(18-8)12(17)9-3-2-4-10(7-9)19-13(14,15)16/h2-4,7-8,11H,5-6H2,1H3. The first kappa shape index (κ1) is 13.9. The summed E-state index contributed by atoms with van der Waals surface area (Å²) in [6.07, 6.45) is -3.97. The number of benzene rings is 1. The Balaban J connectivity index is 2.12. The van der Waals surface area contributed by atoms with Crippen LogP contribution in [0, 0.1) is 0 Å². The van der Waals surface area contributed by atoms with E-state index < -0.39 is 18.2 Å². The highest BCUT2D eigenvalue weighted by atomic mass is 19.4. The van der Waals surface area contributed by atoms with Gasteiger partial charge in [-0.2, -0.15) is 0 Å². The van der Waals surface area contributed by atoms with E-state index in [0.717, 1.165) is 18.6 Å². The van der Waals surface area contributed by atoms with Gasteiger partial charge in [0.1, 0.15) is 11.9 Å². The molecule has 2 unspecified atom stereocenters. The maximum atomic E-state index is 12.1. The average molecular weight is 274 g/mol. The first-order valence-electron chi connectivity index (χ1n) is 5.90. The normalized spacial score (nSPS) is 23.4. The van der Waals surface area contributed by atoms with Crippen molar-refractivity contribution >= 4 is 5.78 Å². The van der Waals surface area contributed by atoms with E-state index in [0.29, 0.717) is 6.42 Å². The van der Waals surface area contributed by atoms with Gasteiger partial charge in [-0.05, 0) is 31.9 Å². The Hall–Kier alpha value is -1.56. The summed E-state index contributed by atoms with van der Waals surface area (Å²) < 4.78 is 45.5. The molecule has 0 radical (unpaired) electrons. The van der Waals surface area contributed by atoms with E-state index >= 15 is 0 Å². The van der Waals surface area contributed by atoms with Crippen LogP contribution in [-0.2, 0) is 4.74 Å². The molecule has 0 aromatic heterocycles. The molecule has 0 aliphatic carbocycles. The fourth-order valence-electron chi connectivity index (χ4n) is 2.03. The Kier molecular flexibility index (Phi) is 3.80. The predicted molar refractivity (Wildman–Crippen MR) is 61.0 cm³/mol. The molecule has 3 nitrogen and oxygen atoms in total. The van der Waals surface area contributed by atoms with Gasteiger partial charge in [-0.25, -0.2) is 0 Å². The molecule has 2 atom stereocenters. The van der Waals surface area contributed by atoms with Gasteiger partial charge in [-0.1, -0.05) is 12.1 Å². The summed E-state index contributed by atoms with van der Waals surface area (Å²) in [5.74, 6) is -0.707. The number of rotatable bonds is 3. The molecule has 2 rings (SSSR count). The molecule has 19 heavy (non-hydrogen) atoms. The molecule has 1 aromatic rings. The van der Waals surface area contributed by atoms with Gasteiger partial charge < -0.3 is 9.47 Å². The van der Waals surface area contributed by atoms with Crippen LogP contribution in [0.2, 0.25) is 0 Å². The van der Waals surface area contributed by atoms with Gasteiger partial charge in [0.25, 0.3) is 0 Å². The second-order valence-corrected chi connectivity index (χ2v) is 4.45. The van der Waals surface area contributed by atoms with Crippen LogP contribution in [0.25, 0.3) is 0 Å². The van der Waals surface area contributed by atoms with Crippen LogP contribution in [0.5, 0.6) is 5.75 Å². The molecule has 0 N–H and O–H groups in total. The molecular formula is C13H13F3O3. The summed E-state index contributed by atoms with van der Waals surface area (Å²) in [7, 11) is 0. The smallest absolute Gasteiger partial charge is 0.406 e. The van der Waals surface area contributed by atoms with Gasteiger partial charge in [0.2, 0.25) is 0 Å². The first-order valence-corrected chi connectivity index (χ1v) is 5.90. The Morgan fingerprint density at radius 3 is 2.68 bits per heavy atom. The molecule has 0 saturated carbocycles. The molecule has 0 amide bonds. The second-order valence-electron chi connectivity index (χ2n) is 4.45. The van der Waals surface area contributed by atoms with Gasteiger partial charge >= 0.3 is 6.36 Å². The lowest BCUT2D eigenvalue weighted by Crippen LogP contribution is -2.21. The summed E-state index contributed by atoms with van der Waals surface area (Å²) in [6.45, 7) is 1.86. The summed E-state index contributed by atoms with van der Waals surface area (Å²) in [5.41, 5.74) is 0.167. The van der Waals surface area contributed by atoms with Crippen LogP contribution in [0.15, 0.2) is 24.3 Å². The van der Waals surface area contributed by atoms with E-state index in [1.165, 1.54) is 12.1 Å². The number of alkyl halides is 3. The van der Waals surface area contributed by atoms with Crippen molar-refractivity contribution in [2.75, 3.05) is 0 Å². The third-order valence-electron chi connectivity index (χ3n) is 2.88. The summed E-state index contributed by atoms with van der Waals surface area (Å²) in [4.78, 5) is 12.0. The van der Waals surface area contributed by atoms with Gasteiger partial charge in [0.15, 0.2) is 5.78 Å². The summed E-state index contributed by atoms with van der Waals surface area (Å²) >= 11 is 0. The molecular weight excluding hydrogens is 261 g/mol. The lowest BCUT2D eigenvalue weighted by molar-refractivity contribution is -0.274. The van der Waals surface area contributed by atoms with Crippen molar-refractivity contribution in [2.24, 2.45) is 0 Å². The van der Waals surface area contributed by atoms with Crippen molar-refractivity contribution in [3.63, 3.8) is 0 Å². The first-order chi connectivity index (χ1) is 8.85. The average Bonchev–Trinajstić information content (AvgIpc) is 2.73. The lowest BCUT2D eigenvalue weighted by atomic mass is 10.0. The zero-order chi connectivity index (χ0) is 14.0. The topological polar surface area (TPSA) is 35.5 Å². The SMILES string of the molecule is CC1CCC(C(=O)c2cccc(OC(F)(F)F)c2)O1. The molecule has 1 saturated heterocycles. The van der Waals surface area contributed by atoms with Crippen LogP contribution in [0.1, 0.15) is 30.1 Å². The monoisotopic (exact) mass is 274 g/mol. The highest BCUT2D eigenvalue weighted by Crippen LogP contribution is 2.26. The van der Waals surface area contributed by atoms with Crippen LogP contribution in [-0.4, -0.2) is 24.4 Å². The number of Topliss-reactive ketones (excluding diaryl/α,β-unsaturated/α-hetero) is 1. The molecule has 0 spiro atoms. The van der Waals surface area contributed by atoms with Crippen LogP contribution < -0.4 is 4.74 Å². The summed E-state index contributed by atoms with van der Waals surface area (Å²) in [5, 5.41) is 0. The molecule has 6 heteroatoms. The molecule has 104 valence electrons. The number of halogens is 3. The minimum Gasteiger partial charge on any atom is -0.406 e. The van der Waals surface area contributed by atoms with Crippen LogP contribution >= 0.6 is 0 Å². The maximum absolute atomic E-state index is 12.1. The van der Waals surface area contributed by atoms with Crippen molar-refractivity contribution in [3.8, 4) is 5.75 Å². The predicted octanol–water partition coefficient (Wildman–Crippen LogP) is 3.34. The Bertz CT molecular complexity index is 470. The Labute approximate surface area is 108 Å². The van der Waals surface area contributed by atoms with Gasteiger partial charge in [-0.3, -0.25) is 4.79 Å². The van der Waals surface area contributed by atoms with Gasteiger partial charge in [0, 0.05) is 5.56 Å². The van der Waals surface area contributed by atoms with E-state index in [1.807, 2.05) is 6.92 Å². The Morgan fingerprint density at radius 2 is 2.11 bits per heavy atom. The van der Waals surface area contributed by atoms with Crippen molar-refractivity contribution < 1.29 is 27.4 Å². The number of hydrogen-bond acceptors (Lipinski definition) is 3. The number of ketones is 1. The highest BCUT2D eigenvalue weighted by molar-refractivity contribution is 5.99. The second kappa shape index (κ2) is 5.21. The zero-order valence-electron chi connectivity index (χ0n) is 10.2. The largest absolute Gasteiger partial charge is 0.573 e. The Morgan fingerprint density at radius 1 is 1.37 bits per heavy atom.